The van der Waals surface area contributed by atoms with Crippen molar-refractivity contribution in [3.63, 3.8) is 0 Å². The first kappa shape index (κ1) is 19.7. The Morgan fingerprint density at radius 3 is 2.44 bits per heavy atom. The molecule has 0 bridgehead atoms. The minimum absolute atomic E-state index is 0.273. The Hall–Kier alpha value is -1.64. The zero-order valence-electron chi connectivity index (χ0n) is 15.5. The predicted octanol–water partition coefficient (Wildman–Crippen LogP) is 1.14. The maximum Gasteiger partial charge on any atom is 0.323 e. The fourth-order valence-corrected chi connectivity index (χ4v) is 5.19. The number of carbonyl (C=O) groups is 1. The molecular formula is C17H26N2O5S. The zero-order chi connectivity index (χ0) is 18.9. The summed E-state index contributed by atoms with van der Waals surface area (Å²) in [5.41, 5.74) is 2.09. The molecule has 2 atom stereocenters. The number of carbonyl (C=O) groups excluding carboxylic acids is 1. The van der Waals surface area contributed by atoms with Crippen molar-refractivity contribution < 1.29 is 22.7 Å². The van der Waals surface area contributed by atoms with Gasteiger partial charge in [-0.1, -0.05) is 0 Å². The summed E-state index contributed by atoms with van der Waals surface area (Å²) >= 11 is 0. The average molecular weight is 370 g/mol. The van der Waals surface area contributed by atoms with Crippen LogP contribution in [0.1, 0.15) is 23.1 Å². The molecule has 7 nitrogen and oxygen atoms in total. The third-order valence-electron chi connectivity index (χ3n) is 4.81. The SMILES string of the molecule is COC(=O)[C@@H]1C[C@H](NS(=O)(=O)c2c(C)cc(OC)c(C)c2C)CN1C. The summed E-state index contributed by atoms with van der Waals surface area (Å²) in [6.07, 6.45) is 0.385. The lowest BCUT2D eigenvalue weighted by atomic mass is 10.1. The number of sulfonamides is 1. The number of aryl methyl sites for hydroxylation is 1. The highest BCUT2D eigenvalue weighted by Crippen LogP contribution is 2.31. The molecule has 1 heterocycles. The van der Waals surface area contributed by atoms with Gasteiger partial charge in [-0.3, -0.25) is 9.69 Å². The molecule has 1 aromatic carbocycles. The maximum absolute atomic E-state index is 12.9. The van der Waals surface area contributed by atoms with Crippen LogP contribution in [-0.2, 0) is 19.6 Å². The monoisotopic (exact) mass is 370 g/mol. The Kier molecular flexibility index (Phi) is 5.75. The number of hydrogen-bond donors (Lipinski definition) is 1. The van der Waals surface area contributed by atoms with E-state index in [0.29, 0.717) is 29.8 Å². The second-order valence-electron chi connectivity index (χ2n) is 6.51. The van der Waals surface area contributed by atoms with Crippen molar-refractivity contribution in [3.8, 4) is 5.75 Å². The van der Waals surface area contributed by atoms with E-state index in [1.165, 1.54) is 7.11 Å². The summed E-state index contributed by atoms with van der Waals surface area (Å²) in [5, 5.41) is 0. The summed E-state index contributed by atoms with van der Waals surface area (Å²) in [4.78, 5) is 13.9. The fraction of sp³-hybridized carbons (Fsp3) is 0.588. The number of rotatable bonds is 5. The van der Waals surface area contributed by atoms with Gasteiger partial charge in [0.15, 0.2) is 0 Å². The number of methoxy groups -OCH3 is 2. The second kappa shape index (κ2) is 7.31. The van der Waals surface area contributed by atoms with Crippen LogP contribution in [0.5, 0.6) is 5.75 Å². The van der Waals surface area contributed by atoms with Gasteiger partial charge in [-0.05, 0) is 57.0 Å². The number of nitrogens with one attached hydrogen (secondary N) is 1. The third kappa shape index (κ3) is 3.80. The van der Waals surface area contributed by atoms with Crippen molar-refractivity contribution >= 4 is 16.0 Å². The largest absolute Gasteiger partial charge is 0.496 e. The summed E-state index contributed by atoms with van der Waals surface area (Å²) in [7, 11) is 0.964. The Morgan fingerprint density at radius 1 is 1.24 bits per heavy atom. The van der Waals surface area contributed by atoms with Crippen LogP contribution in [0.3, 0.4) is 0 Å². The van der Waals surface area contributed by atoms with E-state index in [1.54, 1.807) is 39.0 Å². The predicted molar refractivity (Wildman–Crippen MR) is 94.4 cm³/mol. The molecule has 0 aliphatic carbocycles. The first-order chi connectivity index (χ1) is 11.6. The summed E-state index contributed by atoms with van der Waals surface area (Å²) < 4.78 is 38.7. The van der Waals surface area contributed by atoms with Crippen molar-refractivity contribution in [1.82, 2.24) is 9.62 Å². The Labute approximate surface area is 149 Å². The highest BCUT2D eigenvalue weighted by Gasteiger charge is 2.37. The Morgan fingerprint density at radius 2 is 1.88 bits per heavy atom. The molecule has 0 aromatic heterocycles. The van der Waals surface area contributed by atoms with Crippen molar-refractivity contribution in [1.29, 1.82) is 0 Å². The lowest BCUT2D eigenvalue weighted by Crippen LogP contribution is -2.37. The minimum Gasteiger partial charge on any atom is -0.496 e. The van der Waals surface area contributed by atoms with Gasteiger partial charge in [0.25, 0.3) is 0 Å². The molecule has 0 saturated carbocycles. The highest BCUT2D eigenvalue weighted by atomic mass is 32.2. The standard InChI is InChI=1S/C17H26N2O5S/c1-10-7-15(23-5)11(2)12(3)16(10)25(21,22)18-13-8-14(17(20)24-6)19(4)9-13/h7,13-14,18H,8-9H2,1-6H3/t13-,14-/m0/s1. The molecule has 1 N–H and O–H groups in total. The number of esters is 1. The van der Waals surface area contributed by atoms with Crippen molar-refractivity contribution in [3.05, 3.63) is 22.8 Å². The molecule has 0 amide bonds. The first-order valence-electron chi connectivity index (χ1n) is 8.07. The molecule has 1 fully saturated rings. The van der Waals surface area contributed by atoms with Crippen molar-refractivity contribution in [2.24, 2.45) is 0 Å². The molecule has 0 unspecified atom stereocenters. The highest BCUT2D eigenvalue weighted by molar-refractivity contribution is 7.89. The number of likely N-dealkylation sites (N-methyl/N-ethyl adjacent to an activating group) is 1. The van der Waals surface area contributed by atoms with E-state index in [4.69, 9.17) is 9.47 Å². The van der Waals surface area contributed by atoms with Crippen LogP contribution >= 0.6 is 0 Å². The number of benzene rings is 1. The van der Waals surface area contributed by atoms with Gasteiger partial charge in [0.2, 0.25) is 10.0 Å². The Bertz CT molecular complexity index is 776. The van der Waals surface area contributed by atoms with Gasteiger partial charge in [-0.2, -0.15) is 0 Å². The molecular weight excluding hydrogens is 344 g/mol. The smallest absolute Gasteiger partial charge is 0.323 e. The van der Waals surface area contributed by atoms with Gasteiger partial charge in [0.05, 0.1) is 19.1 Å². The second-order valence-corrected chi connectivity index (χ2v) is 8.16. The van der Waals surface area contributed by atoms with Crippen LogP contribution in [0.15, 0.2) is 11.0 Å². The quantitative estimate of drug-likeness (QED) is 0.783. The van der Waals surface area contributed by atoms with Crippen molar-refractivity contribution in [2.75, 3.05) is 27.8 Å². The van der Waals surface area contributed by atoms with Gasteiger partial charge in [0.1, 0.15) is 11.8 Å². The van der Waals surface area contributed by atoms with Crippen LogP contribution in [0.4, 0.5) is 0 Å². The topological polar surface area (TPSA) is 84.9 Å². The van der Waals surface area contributed by atoms with Crippen LogP contribution in [0.25, 0.3) is 0 Å². The molecule has 0 radical (unpaired) electrons. The Balaban J connectivity index is 2.30. The molecule has 140 valence electrons. The molecule has 1 aliphatic heterocycles. The van der Waals surface area contributed by atoms with E-state index in [1.807, 2.05) is 6.92 Å². The van der Waals surface area contributed by atoms with Gasteiger partial charge < -0.3 is 9.47 Å². The van der Waals surface area contributed by atoms with E-state index in [2.05, 4.69) is 4.72 Å². The summed E-state index contributed by atoms with van der Waals surface area (Å²) in [6.45, 7) is 5.81. The van der Waals surface area contributed by atoms with Crippen LogP contribution in [0, 0.1) is 20.8 Å². The van der Waals surface area contributed by atoms with E-state index < -0.39 is 16.1 Å². The van der Waals surface area contributed by atoms with E-state index >= 15 is 0 Å². The first-order valence-corrected chi connectivity index (χ1v) is 9.55. The van der Waals surface area contributed by atoms with E-state index in [-0.39, 0.29) is 16.9 Å². The lowest BCUT2D eigenvalue weighted by Gasteiger charge is -2.19. The summed E-state index contributed by atoms with van der Waals surface area (Å²) in [5.74, 6) is 0.317. The van der Waals surface area contributed by atoms with Crippen LogP contribution in [-0.4, -0.2) is 59.2 Å². The van der Waals surface area contributed by atoms with Gasteiger partial charge in [-0.25, -0.2) is 13.1 Å². The van der Waals surface area contributed by atoms with Crippen LogP contribution in [0.2, 0.25) is 0 Å². The van der Waals surface area contributed by atoms with Gasteiger partial charge in [-0.15, -0.1) is 0 Å². The number of ether oxygens (including phenoxy) is 2. The fourth-order valence-electron chi connectivity index (χ4n) is 3.42. The van der Waals surface area contributed by atoms with Gasteiger partial charge >= 0.3 is 5.97 Å². The molecule has 0 spiro atoms. The van der Waals surface area contributed by atoms with Crippen molar-refractivity contribution in [2.45, 2.75) is 44.2 Å². The van der Waals surface area contributed by atoms with Crippen LogP contribution < -0.4 is 9.46 Å². The molecule has 1 aromatic rings. The molecule has 25 heavy (non-hydrogen) atoms. The number of likely N-dealkylation sites (tertiary alicyclic amines) is 1. The number of hydrogen-bond acceptors (Lipinski definition) is 6. The molecule has 1 aliphatic rings. The zero-order valence-corrected chi connectivity index (χ0v) is 16.4. The number of nitrogens with zero attached hydrogens (tertiary/aromatic N) is 1. The van der Waals surface area contributed by atoms with Gasteiger partial charge in [0, 0.05) is 12.6 Å². The van der Waals surface area contributed by atoms with E-state index in [0.717, 1.165) is 5.56 Å². The third-order valence-corrected chi connectivity index (χ3v) is 6.62. The summed E-state index contributed by atoms with van der Waals surface area (Å²) in [6, 6.07) is 0.951. The molecule has 2 rings (SSSR count). The normalized spacial score (nSPS) is 21.4. The molecule has 8 heteroatoms. The molecule has 1 saturated heterocycles. The average Bonchev–Trinajstić information content (AvgIpc) is 2.89. The lowest BCUT2D eigenvalue weighted by molar-refractivity contribution is -0.145. The minimum atomic E-state index is -3.72. The van der Waals surface area contributed by atoms with E-state index in [9.17, 15) is 13.2 Å². The maximum atomic E-state index is 12.9.